The minimum absolute atomic E-state index is 0.708. The van der Waals surface area contributed by atoms with Gasteiger partial charge in [0.25, 0.3) is 0 Å². The maximum atomic E-state index is 5.52. The van der Waals surface area contributed by atoms with Gasteiger partial charge in [0.15, 0.2) is 5.18 Å². The number of hydrogen-bond acceptors (Lipinski definition) is 2. The first-order valence-electron chi connectivity index (χ1n) is 2.32. The van der Waals surface area contributed by atoms with Crippen molar-refractivity contribution >= 4 is 11.6 Å². The fourth-order valence-electron chi connectivity index (χ4n) is 0.627. The van der Waals surface area contributed by atoms with Crippen molar-refractivity contribution in [3.05, 3.63) is 0 Å². The van der Waals surface area contributed by atoms with Crippen molar-refractivity contribution in [1.82, 2.24) is 0 Å². The van der Waals surface area contributed by atoms with Crippen molar-refractivity contribution in [2.24, 2.45) is 5.73 Å². The Kier molecular flexibility index (Phi) is 1.24. The molecular formula is C4H8ClNO. The van der Waals surface area contributed by atoms with E-state index in [1.807, 2.05) is 0 Å². The molecule has 3 heteroatoms. The molecule has 2 N–H and O–H groups in total. The Balaban J connectivity index is 2.40. The fraction of sp³-hybridized carbons (Fsp3) is 1.00. The molecule has 2 nitrogen and oxygen atoms in total. The van der Waals surface area contributed by atoms with Gasteiger partial charge in [-0.1, -0.05) is 11.6 Å². The average Bonchev–Trinajstić information content (AvgIpc) is 1.84. The van der Waals surface area contributed by atoms with Crippen molar-refractivity contribution in [2.75, 3.05) is 6.61 Å². The predicted molar refractivity (Wildman–Crippen MR) is 28.0 cm³/mol. The van der Waals surface area contributed by atoms with E-state index in [0.717, 1.165) is 12.8 Å². The fourth-order valence-corrected chi connectivity index (χ4v) is 0.838. The summed E-state index contributed by atoms with van der Waals surface area (Å²) >= 11 is 5.52. The molecular weight excluding hydrogens is 114 g/mol. The molecule has 1 heterocycles. The summed E-state index contributed by atoms with van der Waals surface area (Å²) in [6.07, 6.45) is 1.76. The summed E-state index contributed by atoms with van der Waals surface area (Å²) in [5, 5.41) is -0.833. The molecule has 1 aliphatic rings. The van der Waals surface area contributed by atoms with Gasteiger partial charge in [0.05, 0.1) is 6.61 Å². The van der Waals surface area contributed by atoms with E-state index in [1.54, 1.807) is 0 Å². The van der Waals surface area contributed by atoms with Crippen molar-refractivity contribution in [1.29, 1.82) is 0 Å². The molecule has 1 aliphatic heterocycles. The maximum absolute atomic E-state index is 5.52. The number of ether oxygens (including phenoxy) is 1. The molecule has 0 radical (unpaired) electrons. The van der Waals surface area contributed by atoms with Crippen molar-refractivity contribution in [2.45, 2.75) is 18.0 Å². The Labute approximate surface area is 47.6 Å². The molecule has 0 aliphatic carbocycles. The van der Waals surface area contributed by atoms with Gasteiger partial charge < -0.3 is 4.74 Å². The number of rotatable bonds is 0. The van der Waals surface area contributed by atoms with E-state index in [1.165, 1.54) is 0 Å². The van der Waals surface area contributed by atoms with E-state index in [9.17, 15) is 0 Å². The summed E-state index contributed by atoms with van der Waals surface area (Å²) in [5.74, 6) is 0. The Morgan fingerprint density at radius 1 is 1.71 bits per heavy atom. The second-order valence-corrected chi connectivity index (χ2v) is 2.38. The highest BCUT2D eigenvalue weighted by atomic mass is 35.5. The lowest BCUT2D eigenvalue weighted by Gasteiger charge is -2.11. The van der Waals surface area contributed by atoms with Crippen LogP contribution in [0.3, 0.4) is 0 Å². The molecule has 1 fully saturated rings. The minimum Gasteiger partial charge on any atom is -0.347 e. The number of alkyl halides is 1. The first-order valence-corrected chi connectivity index (χ1v) is 2.70. The van der Waals surface area contributed by atoms with Crippen LogP contribution in [0.25, 0.3) is 0 Å². The summed E-state index contributed by atoms with van der Waals surface area (Å²) in [4.78, 5) is 0. The third kappa shape index (κ3) is 1.30. The zero-order valence-electron chi connectivity index (χ0n) is 3.98. The van der Waals surface area contributed by atoms with E-state index >= 15 is 0 Å². The van der Waals surface area contributed by atoms with Crippen LogP contribution in [-0.2, 0) is 4.74 Å². The second-order valence-electron chi connectivity index (χ2n) is 1.74. The smallest absolute Gasteiger partial charge is 0.193 e. The Morgan fingerprint density at radius 3 is 2.57 bits per heavy atom. The Bertz CT molecular complexity index is 66.1. The normalized spacial score (nSPS) is 42.0. The molecule has 1 atom stereocenters. The standard InChI is InChI=1S/C4H8ClNO/c5-4(6)2-1-3-7-4/h1-3,6H2. The molecule has 0 spiro atoms. The van der Waals surface area contributed by atoms with Crippen molar-refractivity contribution in [3.8, 4) is 0 Å². The van der Waals surface area contributed by atoms with Gasteiger partial charge in [-0.3, -0.25) is 5.73 Å². The van der Waals surface area contributed by atoms with Gasteiger partial charge in [-0.2, -0.15) is 0 Å². The maximum Gasteiger partial charge on any atom is 0.193 e. The van der Waals surface area contributed by atoms with Gasteiger partial charge in [-0.25, -0.2) is 0 Å². The summed E-state index contributed by atoms with van der Waals surface area (Å²) < 4.78 is 4.88. The highest BCUT2D eigenvalue weighted by molar-refractivity contribution is 6.22. The summed E-state index contributed by atoms with van der Waals surface area (Å²) in [7, 11) is 0. The highest BCUT2D eigenvalue weighted by Crippen LogP contribution is 2.22. The van der Waals surface area contributed by atoms with Crippen LogP contribution in [0.2, 0.25) is 0 Å². The van der Waals surface area contributed by atoms with Crippen LogP contribution in [0.4, 0.5) is 0 Å². The molecule has 0 saturated carbocycles. The van der Waals surface area contributed by atoms with Gasteiger partial charge in [-0.15, -0.1) is 0 Å². The molecule has 7 heavy (non-hydrogen) atoms. The number of nitrogens with two attached hydrogens (primary N) is 1. The van der Waals surface area contributed by atoms with Crippen LogP contribution in [0, 0.1) is 0 Å². The summed E-state index contributed by atoms with van der Waals surface area (Å²) in [6, 6.07) is 0. The molecule has 1 rings (SSSR count). The molecule has 0 amide bonds. The average molecular weight is 122 g/mol. The van der Waals surface area contributed by atoms with Crippen LogP contribution in [0.5, 0.6) is 0 Å². The first-order chi connectivity index (χ1) is 3.21. The Morgan fingerprint density at radius 2 is 2.43 bits per heavy atom. The van der Waals surface area contributed by atoms with Crippen molar-refractivity contribution < 1.29 is 4.74 Å². The second kappa shape index (κ2) is 1.62. The third-order valence-corrected chi connectivity index (χ3v) is 1.30. The SMILES string of the molecule is NC1(Cl)CCCO1. The van der Waals surface area contributed by atoms with Crippen molar-refractivity contribution in [3.63, 3.8) is 0 Å². The summed E-state index contributed by atoms with van der Waals surface area (Å²) in [6.45, 7) is 0.708. The van der Waals surface area contributed by atoms with E-state index in [0.29, 0.717) is 6.61 Å². The first kappa shape index (κ1) is 5.35. The monoisotopic (exact) mass is 121 g/mol. The third-order valence-electron chi connectivity index (χ3n) is 1.00. The largest absolute Gasteiger partial charge is 0.347 e. The van der Waals surface area contributed by atoms with Crippen LogP contribution >= 0.6 is 11.6 Å². The lowest BCUT2D eigenvalue weighted by molar-refractivity contribution is 0.0806. The lowest BCUT2D eigenvalue weighted by atomic mass is 10.3. The Hall–Kier alpha value is 0.210. The summed E-state index contributed by atoms with van der Waals surface area (Å²) in [5.41, 5.74) is 5.32. The van der Waals surface area contributed by atoms with Gasteiger partial charge in [-0.05, 0) is 6.42 Å². The zero-order valence-corrected chi connectivity index (χ0v) is 4.74. The molecule has 0 bridgehead atoms. The minimum atomic E-state index is -0.833. The molecule has 1 saturated heterocycles. The van der Waals surface area contributed by atoms with Gasteiger partial charge in [0.1, 0.15) is 0 Å². The van der Waals surface area contributed by atoms with E-state index in [2.05, 4.69) is 0 Å². The van der Waals surface area contributed by atoms with E-state index in [-0.39, 0.29) is 0 Å². The molecule has 0 aromatic rings. The van der Waals surface area contributed by atoms with Crippen LogP contribution < -0.4 is 5.73 Å². The van der Waals surface area contributed by atoms with Crippen LogP contribution in [0.15, 0.2) is 0 Å². The van der Waals surface area contributed by atoms with E-state index in [4.69, 9.17) is 22.1 Å². The number of halogens is 1. The van der Waals surface area contributed by atoms with Crippen LogP contribution in [0.1, 0.15) is 12.8 Å². The molecule has 0 aromatic carbocycles. The van der Waals surface area contributed by atoms with Gasteiger partial charge >= 0.3 is 0 Å². The van der Waals surface area contributed by atoms with Crippen LogP contribution in [-0.4, -0.2) is 11.8 Å². The predicted octanol–water partition coefficient (Wildman–Crippen LogP) is 0.648. The molecule has 42 valence electrons. The van der Waals surface area contributed by atoms with Gasteiger partial charge in [0.2, 0.25) is 0 Å². The quantitative estimate of drug-likeness (QED) is 0.377. The molecule has 1 unspecified atom stereocenters. The molecule has 0 aromatic heterocycles. The lowest BCUT2D eigenvalue weighted by Crippen LogP contribution is -2.30. The topological polar surface area (TPSA) is 35.2 Å². The van der Waals surface area contributed by atoms with E-state index < -0.39 is 5.18 Å². The number of hydrogen-bond donors (Lipinski definition) is 1. The highest BCUT2D eigenvalue weighted by Gasteiger charge is 2.26. The zero-order chi connectivity index (χ0) is 5.33. The van der Waals surface area contributed by atoms with Gasteiger partial charge in [0, 0.05) is 6.42 Å².